The van der Waals surface area contributed by atoms with Crippen LogP contribution in [-0.4, -0.2) is 190 Å². The molecular formula is C44H54O23. The maximum atomic E-state index is 13.1. The Morgan fingerprint density at radius 2 is 1.40 bits per heavy atom. The lowest BCUT2D eigenvalue weighted by molar-refractivity contribution is -0.375. The molecule has 3 heterocycles. The third kappa shape index (κ3) is 11.8. The monoisotopic (exact) mass is 950 g/mol. The quantitative estimate of drug-likeness (QED) is 0.0430. The summed E-state index contributed by atoms with van der Waals surface area (Å²) in [7, 11) is 3.84. The highest BCUT2D eigenvalue weighted by Gasteiger charge is 2.56. The Bertz CT molecular complexity index is 2180. The summed E-state index contributed by atoms with van der Waals surface area (Å²) in [4.78, 5) is 26.1. The van der Waals surface area contributed by atoms with E-state index in [0.29, 0.717) is 11.1 Å². The van der Waals surface area contributed by atoms with E-state index >= 15 is 0 Å². The molecule has 0 aliphatic carbocycles. The Labute approximate surface area is 382 Å². The maximum absolute atomic E-state index is 13.1. The normalized spacial score (nSPS) is 30.8. The van der Waals surface area contributed by atoms with Gasteiger partial charge in [-0.3, -0.25) is 0 Å². The first-order valence-electron chi connectivity index (χ1n) is 20.7. The first kappa shape index (κ1) is 50.9. The van der Waals surface area contributed by atoms with E-state index in [1.54, 1.807) is 0 Å². The number of carbonyl (C=O) groups is 2. The summed E-state index contributed by atoms with van der Waals surface area (Å²) in [6.07, 6.45) is -18.0. The number of methoxy groups -OCH3 is 3. The first-order valence-corrected chi connectivity index (χ1v) is 20.7. The molecule has 6 rings (SSSR count). The van der Waals surface area contributed by atoms with Crippen molar-refractivity contribution in [2.75, 3.05) is 47.8 Å². The average molecular weight is 951 g/mol. The summed E-state index contributed by atoms with van der Waals surface area (Å²) in [5, 5.41) is 107. The number of aliphatic hydroxyl groups is 6. The van der Waals surface area contributed by atoms with Gasteiger partial charge in [0.1, 0.15) is 62.0 Å². The highest BCUT2D eigenvalue weighted by molar-refractivity contribution is 5.91. The molecule has 3 aromatic rings. The Kier molecular flexibility index (Phi) is 16.7. The van der Waals surface area contributed by atoms with E-state index in [1.807, 2.05) is 0 Å². The fourth-order valence-electron chi connectivity index (χ4n) is 7.27. The molecule has 0 spiro atoms. The summed E-state index contributed by atoms with van der Waals surface area (Å²) in [6.45, 7) is -1.08. The van der Waals surface area contributed by atoms with Gasteiger partial charge in [-0.25, -0.2) is 9.59 Å². The van der Waals surface area contributed by atoms with Crippen LogP contribution < -0.4 is 14.2 Å². The van der Waals surface area contributed by atoms with Crippen molar-refractivity contribution in [3.05, 3.63) is 71.3 Å². The van der Waals surface area contributed by atoms with E-state index < -0.39 is 117 Å². The van der Waals surface area contributed by atoms with Crippen molar-refractivity contribution in [3.63, 3.8) is 0 Å². The van der Waals surface area contributed by atoms with Crippen LogP contribution >= 0.6 is 0 Å². The van der Waals surface area contributed by atoms with E-state index in [0.717, 1.165) is 18.2 Å². The van der Waals surface area contributed by atoms with Gasteiger partial charge in [0.05, 0.1) is 46.2 Å². The molecule has 23 nitrogen and oxygen atoms in total. The van der Waals surface area contributed by atoms with Gasteiger partial charge in [-0.2, -0.15) is 0 Å². The van der Waals surface area contributed by atoms with Gasteiger partial charge in [-0.1, -0.05) is 12.1 Å². The predicted octanol–water partition coefficient (Wildman–Crippen LogP) is -0.660. The number of rotatable bonds is 18. The second-order valence-corrected chi connectivity index (χ2v) is 15.8. The molecule has 67 heavy (non-hydrogen) atoms. The van der Waals surface area contributed by atoms with Crippen molar-refractivity contribution in [1.82, 2.24) is 0 Å². The Morgan fingerprint density at radius 3 is 2.07 bits per heavy atom. The van der Waals surface area contributed by atoms with Crippen molar-refractivity contribution in [1.29, 1.82) is 0 Å². The number of benzene rings is 3. The molecule has 3 aliphatic heterocycles. The molecule has 3 fully saturated rings. The Hall–Kier alpha value is -5.54. The number of carbonyl (C=O) groups excluding carboxylic acids is 2. The fourth-order valence-corrected chi connectivity index (χ4v) is 7.27. The molecule has 3 saturated heterocycles. The minimum atomic E-state index is -2.33. The summed E-state index contributed by atoms with van der Waals surface area (Å²) in [6, 6.07) is 10.7. The molecule has 13 atom stereocenters. The summed E-state index contributed by atoms with van der Waals surface area (Å²) in [5.74, 6) is -3.33. The first-order chi connectivity index (χ1) is 31.9. The van der Waals surface area contributed by atoms with Crippen molar-refractivity contribution in [3.8, 4) is 40.2 Å². The highest BCUT2D eigenvalue weighted by atomic mass is 16.8. The molecule has 0 aromatic heterocycles. The van der Waals surface area contributed by atoms with Crippen LogP contribution in [0.1, 0.15) is 28.4 Å². The SMILES string of the molecule is COc1cc(C=CC(=O)OC[C@H]2O[C@@H](OCCc3ccc(O)c(O)c3)[C@H](O[C@@H]3OC[C@](O)(COC(=O)c4cc(OC)c(O)c(OC)c4)[C@H]3O)[C@@H](O[C@@H]3O[C@@H](C)[C@H](O)[C@@H](O)[C@H]3O)[C@@H]2O)ccc1O. The molecule has 23 heteroatoms. The van der Waals surface area contributed by atoms with Crippen molar-refractivity contribution in [2.45, 2.75) is 92.8 Å². The van der Waals surface area contributed by atoms with Crippen LogP contribution in [0.4, 0.5) is 0 Å². The summed E-state index contributed by atoms with van der Waals surface area (Å²) >= 11 is 0. The third-order valence-electron chi connectivity index (χ3n) is 11.2. The molecule has 3 aliphatic rings. The second-order valence-electron chi connectivity index (χ2n) is 15.8. The van der Waals surface area contributed by atoms with Gasteiger partial charge < -0.3 is 103 Å². The van der Waals surface area contributed by atoms with Gasteiger partial charge in [-0.05, 0) is 66.9 Å². The summed E-state index contributed by atoms with van der Waals surface area (Å²) < 4.78 is 61.8. The number of hydrogen-bond acceptors (Lipinski definition) is 23. The predicted molar refractivity (Wildman–Crippen MR) is 223 cm³/mol. The Balaban J connectivity index is 1.25. The number of aliphatic hydroxyl groups excluding tert-OH is 5. The smallest absolute Gasteiger partial charge is 0.338 e. The van der Waals surface area contributed by atoms with Crippen LogP contribution in [0.25, 0.3) is 6.08 Å². The van der Waals surface area contributed by atoms with Gasteiger partial charge in [-0.15, -0.1) is 0 Å². The number of ether oxygens (including phenoxy) is 11. The minimum Gasteiger partial charge on any atom is -0.504 e. The molecule has 368 valence electrons. The van der Waals surface area contributed by atoms with Crippen LogP contribution in [0.5, 0.6) is 40.2 Å². The standard InChI is InChI=1S/C44H54O23/c1-20-32(49)35(52)36(53)41(64-20)66-37-34(51)30(17-61-31(48)10-7-21-6-9-25(46)27(14-21)57-2)65-42(60-12-11-22-5-8-24(45)26(47)13-22)38(37)67-43-39(54)44(56,19-63-43)18-62-40(55)23-15-28(58-3)33(50)29(16-23)59-4/h5-10,13-16,20,30,32,34-39,41-43,45-47,49-54,56H,11-12,17-19H2,1-4H3/t20-,30+,32-,34+,35+,36+,37-,38+,39-,41-,42+,43-,44+/m0/s1. The molecule has 0 bridgehead atoms. The van der Waals surface area contributed by atoms with Gasteiger partial charge in [0.15, 0.2) is 59.0 Å². The molecule has 0 saturated carbocycles. The molecule has 0 radical (unpaired) electrons. The number of aromatic hydroxyl groups is 4. The zero-order chi connectivity index (χ0) is 48.7. The van der Waals surface area contributed by atoms with Crippen LogP contribution in [0.3, 0.4) is 0 Å². The zero-order valence-corrected chi connectivity index (χ0v) is 36.5. The van der Waals surface area contributed by atoms with Gasteiger partial charge in [0.2, 0.25) is 5.75 Å². The largest absolute Gasteiger partial charge is 0.504 e. The topological polar surface area (TPSA) is 338 Å². The van der Waals surface area contributed by atoms with E-state index in [1.165, 1.54) is 70.7 Å². The minimum absolute atomic E-state index is 0.0689. The zero-order valence-electron chi connectivity index (χ0n) is 36.5. The van der Waals surface area contributed by atoms with Crippen LogP contribution in [0, 0.1) is 0 Å². The number of esters is 2. The number of hydrogen-bond donors (Lipinski definition) is 10. The molecule has 0 unspecified atom stereocenters. The molecule has 10 N–H and O–H groups in total. The van der Waals surface area contributed by atoms with Crippen LogP contribution in [-0.2, 0) is 49.1 Å². The van der Waals surface area contributed by atoms with E-state index in [2.05, 4.69) is 0 Å². The number of phenolic OH excluding ortho intramolecular Hbond substituents is 4. The lowest BCUT2D eigenvalue weighted by Crippen LogP contribution is -2.65. The van der Waals surface area contributed by atoms with Crippen molar-refractivity contribution in [2.24, 2.45) is 0 Å². The van der Waals surface area contributed by atoms with Crippen LogP contribution in [0.2, 0.25) is 0 Å². The average Bonchev–Trinajstić information content (AvgIpc) is 3.60. The maximum Gasteiger partial charge on any atom is 0.338 e. The van der Waals surface area contributed by atoms with Crippen LogP contribution in [0.15, 0.2) is 54.6 Å². The lowest BCUT2D eigenvalue weighted by Gasteiger charge is -2.47. The molecule has 3 aromatic carbocycles. The highest BCUT2D eigenvalue weighted by Crippen LogP contribution is 2.39. The van der Waals surface area contributed by atoms with Gasteiger partial charge in [0.25, 0.3) is 0 Å². The Morgan fingerprint density at radius 1 is 0.731 bits per heavy atom. The van der Waals surface area contributed by atoms with Gasteiger partial charge >= 0.3 is 11.9 Å². The van der Waals surface area contributed by atoms with Gasteiger partial charge in [0, 0.05) is 6.08 Å². The number of phenols is 4. The second kappa shape index (κ2) is 22.0. The third-order valence-corrected chi connectivity index (χ3v) is 11.2. The molecule has 0 amide bonds. The fraction of sp³-hybridized carbons (Fsp3) is 0.500. The van der Waals surface area contributed by atoms with Crippen molar-refractivity contribution < 1.29 is 113 Å². The lowest BCUT2D eigenvalue weighted by atomic mass is 9.96. The van der Waals surface area contributed by atoms with E-state index in [4.69, 9.17) is 52.1 Å². The van der Waals surface area contributed by atoms with E-state index in [-0.39, 0.29) is 53.1 Å². The van der Waals surface area contributed by atoms with E-state index in [9.17, 15) is 60.7 Å². The summed E-state index contributed by atoms with van der Waals surface area (Å²) in [5.41, 5.74) is -1.54. The molecular weight excluding hydrogens is 896 g/mol. The van der Waals surface area contributed by atoms with Crippen molar-refractivity contribution >= 4 is 18.0 Å².